The van der Waals surface area contributed by atoms with Crippen LogP contribution in [-0.4, -0.2) is 52.7 Å². The van der Waals surface area contributed by atoms with Gasteiger partial charge in [0.15, 0.2) is 11.5 Å². The Morgan fingerprint density at radius 3 is 2.87 bits per heavy atom. The third-order valence-corrected chi connectivity index (χ3v) is 4.14. The number of aromatic nitrogens is 1. The number of amides is 1. The van der Waals surface area contributed by atoms with Crippen LogP contribution in [-0.2, 0) is 9.53 Å². The number of ether oxygens (including phenoxy) is 1. The molecule has 2 heterocycles. The number of rotatable bonds is 2. The van der Waals surface area contributed by atoms with Crippen LogP contribution < -0.4 is 5.43 Å². The van der Waals surface area contributed by atoms with Crippen molar-refractivity contribution in [3.8, 4) is 0 Å². The Hall–Kier alpha value is -2.19. The number of carboxylic acids is 1. The van der Waals surface area contributed by atoms with E-state index in [4.69, 9.17) is 9.84 Å². The van der Waals surface area contributed by atoms with E-state index < -0.39 is 18.0 Å². The average Bonchev–Trinajstić information content (AvgIpc) is 2.54. The van der Waals surface area contributed by atoms with E-state index in [1.165, 1.54) is 11.0 Å². The fourth-order valence-corrected chi connectivity index (χ4v) is 2.85. The van der Waals surface area contributed by atoms with Crippen molar-refractivity contribution in [3.63, 3.8) is 0 Å². The van der Waals surface area contributed by atoms with E-state index in [1.54, 1.807) is 18.2 Å². The molecule has 1 fully saturated rings. The van der Waals surface area contributed by atoms with Gasteiger partial charge in [0.1, 0.15) is 5.69 Å². The van der Waals surface area contributed by atoms with Crippen molar-refractivity contribution < 1.29 is 19.4 Å². The van der Waals surface area contributed by atoms with Crippen molar-refractivity contribution >= 4 is 38.7 Å². The quantitative estimate of drug-likeness (QED) is 0.815. The standard InChI is InChI=1S/C15H13BrN2O5/c16-8-1-2-10-9(5-8)12(19)6-11(17-10)14(20)18-3-4-23-13(7-18)15(21)22/h1-2,5-6,13H,3-4,7H2,(H,17,19)(H,21,22). The number of carbonyl (C=O) groups is 2. The van der Waals surface area contributed by atoms with Gasteiger partial charge in [0, 0.05) is 28.0 Å². The lowest BCUT2D eigenvalue weighted by Gasteiger charge is -2.30. The molecule has 2 aromatic rings. The van der Waals surface area contributed by atoms with Gasteiger partial charge < -0.3 is 19.7 Å². The Bertz CT molecular complexity index is 847. The summed E-state index contributed by atoms with van der Waals surface area (Å²) in [7, 11) is 0. The van der Waals surface area contributed by atoms with Crippen LogP contribution in [0.15, 0.2) is 33.5 Å². The second-order valence-corrected chi connectivity index (χ2v) is 6.10. The van der Waals surface area contributed by atoms with Gasteiger partial charge in [0.2, 0.25) is 0 Å². The Labute approximate surface area is 139 Å². The third-order valence-electron chi connectivity index (χ3n) is 3.65. The number of aromatic amines is 1. The SMILES string of the molecule is O=C(O)C1CN(C(=O)c2cc(=O)c3cc(Br)ccc3[nH]2)CCO1. The van der Waals surface area contributed by atoms with Crippen LogP contribution >= 0.6 is 15.9 Å². The van der Waals surface area contributed by atoms with Crippen LogP contribution in [0.4, 0.5) is 0 Å². The minimum Gasteiger partial charge on any atom is -0.479 e. The molecule has 1 atom stereocenters. The first kappa shape index (κ1) is 15.7. The van der Waals surface area contributed by atoms with Crippen molar-refractivity contribution in [1.82, 2.24) is 9.88 Å². The summed E-state index contributed by atoms with van der Waals surface area (Å²) in [5.41, 5.74) is 0.411. The number of pyridine rings is 1. The molecule has 1 saturated heterocycles. The number of nitrogens with zero attached hydrogens (tertiary/aromatic N) is 1. The Kier molecular flexibility index (Phi) is 4.18. The largest absolute Gasteiger partial charge is 0.479 e. The molecule has 8 heteroatoms. The van der Waals surface area contributed by atoms with E-state index in [2.05, 4.69) is 20.9 Å². The van der Waals surface area contributed by atoms with Crippen molar-refractivity contribution in [3.05, 3.63) is 44.7 Å². The van der Waals surface area contributed by atoms with Gasteiger partial charge in [-0.25, -0.2) is 4.79 Å². The fourth-order valence-electron chi connectivity index (χ4n) is 2.49. The number of carboxylic acid groups (broad SMARTS) is 1. The van der Waals surface area contributed by atoms with E-state index in [0.717, 1.165) is 4.47 Å². The van der Waals surface area contributed by atoms with Crippen molar-refractivity contribution in [2.45, 2.75) is 6.10 Å². The first-order valence-electron chi connectivity index (χ1n) is 6.92. The van der Waals surface area contributed by atoms with Gasteiger partial charge in [-0.3, -0.25) is 9.59 Å². The molecule has 0 spiro atoms. The number of H-pyrrole nitrogens is 1. The lowest BCUT2D eigenvalue weighted by Crippen LogP contribution is -2.48. The highest BCUT2D eigenvalue weighted by atomic mass is 79.9. The number of aliphatic carboxylic acids is 1. The van der Waals surface area contributed by atoms with Crippen molar-refractivity contribution in [2.75, 3.05) is 19.7 Å². The maximum atomic E-state index is 12.5. The normalized spacial score (nSPS) is 18.1. The minimum atomic E-state index is -1.11. The molecule has 0 aliphatic carbocycles. The molecule has 7 nitrogen and oxygen atoms in total. The Balaban J connectivity index is 1.93. The number of fused-ring (bicyclic) bond motifs is 1. The second kappa shape index (κ2) is 6.13. The summed E-state index contributed by atoms with van der Waals surface area (Å²) in [6.07, 6.45) is -1.05. The maximum Gasteiger partial charge on any atom is 0.334 e. The molecule has 1 aliphatic rings. The molecule has 1 unspecified atom stereocenters. The molecule has 2 N–H and O–H groups in total. The van der Waals surface area contributed by atoms with Gasteiger partial charge in [-0.2, -0.15) is 0 Å². The van der Waals surface area contributed by atoms with E-state index in [9.17, 15) is 14.4 Å². The first-order valence-corrected chi connectivity index (χ1v) is 7.71. The highest BCUT2D eigenvalue weighted by Crippen LogP contribution is 2.17. The molecule has 1 aliphatic heterocycles. The van der Waals surface area contributed by atoms with Gasteiger partial charge >= 0.3 is 5.97 Å². The summed E-state index contributed by atoms with van der Waals surface area (Å²) < 4.78 is 5.86. The zero-order valence-electron chi connectivity index (χ0n) is 11.9. The number of carbonyl (C=O) groups excluding carboxylic acids is 1. The lowest BCUT2D eigenvalue weighted by atomic mass is 10.1. The van der Waals surface area contributed by atoms with Crippen LogP contribution in [0.25, 0.3) is 10.9 Å². The van der Waals surface area contributed by atoms with Crippen molar-refractivity contribution in [2.24, 2.45) is 0 Å². The average molecular weight is 381 g/mol. The molecule has 23 heavy (non-hydrogen) atoms. The highest BCUT2D eigenvalue weighted by molar-refractivity contribution is 9.10. The molecular weight excluding hydrogens is 368 g/mol. The van der Waals surface area contributed by atoms with E-state index >= 15 is 0 Å². The van der Waals surface area contributed by atoms with E-state index in [-0.39, 0.29) is 30.8 Å². The van der Waals surface area contributed by atoms with Crippen LogP contribution in [0.1, 0.15) is 10.5 Å². The zero-order valence-corrected chi connectivity index (χ0v) is 13.5. The van der Waals surface area contributed by atoms with Gasteiger partial charge in [-0.1, -0.05) is 15.9 Å². The molecule has 0 saturated carbocycles. The summed E-state index contributed by atoms with van der Waals surface area (Å²) in [5.74, 6) is -1.53. The summed E-state index contributed by atoms with van der Waals surface area (Å²) in [6.45, 7) is 0.380. The van der Waals surface area contributed by atoms with E-state index in [1.807, 2.05) is 0 Å². The minimum absolute atomic E-state index is 0.0471. The number of benzene rings is 1. The number of morpholine rings is 1. The summed E-state index contributed by atoms with van der Waals surface area (Å²) in [4.78, 5) is 40.0. The van der Waals surface area contributed by atoms with Gasteiger partial charge in [0.05, 0.1) is 13.2 Å². The molecule has 0 radical (unpaired) electrons. The van der Waals surface area contributed by atoms with E-state index in [0.29, 0.717) is 10.9 Å². The number of nitrogens with one attached hydrogen (secondary N) is 1. The second-order valence-electron chi connectivity index (χ2n) is 5.19. The zero-order chi connectivity index (χ0) is 16.6. The summed E-state index contributed by atoms with van der Waals surface area (Å²) in [6, 6.07) is 6.39. The third kappa shape index (κ3) is 3.13. The predicted molar refractivity (Wildman–Crippen MR) is 85.5 cm³/mol. The predicted octanol–water partition coefficient (Wildman–Crippen LogP) is 1.22. The Morgan fingerprint density at radius 2 is 2.13 bits per heavy atom. The summed E-state index contributed by atoms with van der Waals surface area (Å²) >= 11 is 3.30. The fraction of sp³-hybridized carbons (Fsp3) is 0.267. The van der Waals surface area contributed by atoms with Crippen LogP contribution in [0.3, 0.4) is 0 Å². The van der Waals surface area contributed by atoms with Gasteiger partial charge in [-0.15, -0.1) is 0 Å². The lowest BCUT2D eigenvalue weighted by molar-refractivity contribution is -0.154. The molecule has 1 aromatic carbocycles. The Morgan fingerprint density at radius 1 is 1.35 bits per heavy atom. The smallest absolute Gasteiger partial charge is 0.334 e. The first-order chi connectivity index (χ1) is 11.0. The monoisotopic (exact) mass is 380 g/mol. The molecule has 1 amide bonds. The maximum absolute atomic E-state index is 12.5. The number of hydrogen-bond acceptors (Lipinski definition) is 4. The van der Waals surface area contributed by atoms with Crippen LogP contribution in [0.2, 0.25) is 0 Å². The topological polar surface area (TPSA) is 99.7 Å². The number of hydrogen-bond donors (Lipinski definition) is 2. The van der Waals surface area contributed by atoms with Gasteiger partial charge in [0.25, 0.3) is 5.91 Å². The van der Waals surface area contributed by atoms with Crippen molar-refractivity contribution in [1.29, 1.82) is 0 Å². The number of halogens is 1. The van der Waals surface area contributed by atoms with Gasteiger partial charge in [-0.05, 0) is 18.2 Å². The molecule has 1 aromatic heterocycles. The molecule has 0 bridgehead atoms. The van der Waals surface area contributed by atoms with Crippen LogP contribution in [0, 0.1) is 0 Å². The highest BCUT2D eigenvalue weighted by Gasteiger charge is 2.30. The van der Waals surface area contributed by atoms with Crippen LogP contribution in [0.5, 0.6) is 0 Å². The molecular formula is C15H13BrN2O5. The molecule has 3 rings (SSSR count). The summed E-state index contributed by atoms with van der Waals surface area (Å²) in [5, 5.41) is 9.47. The molecule has 120 valence electrons.